The Morgan fingerprint density at radius 2 is 0.750 bits per heavy atom. The molecule has 0 radical (unpaired) electrons. The molecule has 0 N–H and O–H groups in total. The van der Waals surface area contributed by atoms with Gasteiger partial charge in [0.1, 0.15) is 13.2 Å². The highest BCUT2D eigenvalue weighted by Crippen LogP contribution is 2.18. The first kappa shape index (κ1) is 73.2. The zero-order valence-electron chi connectivity index (χ0n) is 50.6. The van der Waals surface area contributed by atoms with Gasteiger partial charge in [-0.05, 0) is 51.4 Å². The number of carboxylic acid groups (broad SMARTS) is 1. The molecule has 0 fully saturated rings. The number of allylic oxidation sites excluding steroid dienone is 8. The molecular weight excluding hydrogens is 947 g/mol. The number of unbranched alkanes of at least 4 members (excludes halogenated alkanes) is 37. The minimum absolute atomic E-state index is 0.140. The fourth-order valence-electron chi connectivity index (χ4n) is 9.41. The molecule has 0 saturated heterocycles. The van der Waals surface area contributed by atoms with Crippen LogP contribution in [0.1, 0.15) is 303 Å². The van der Waals surface area contributed by atoms with Gasteiger partial charge in [-0.3, -0.25) is 9.59 Å². The molecule has 0 aliphatic carbocycles. The molecule has 76 heavy (non-hydrogen) atoms. The van der Waals surface area contributed by atoms with Gasteiger partial charge in [-0.15, -0.1) is 0 Å². The minimum Gasteiger partial charge on any atom is -0.545 e. The van der Waals surface area contributed by atoms with Gasteiger partial charge in [0.15, 0.2) is 12.4 Å². The van der Waals surface area contributed by atoms with Crippen LogP contribution in [0.25, 0.3) is 0 Å². The van der Waals surface area contributed by atoms with Crippen LogP contribution in [0.5, 0.6) is 0 Å². The molecule has 0 bridgehead atoms. The van der Waals surface area contributed by atoms with E-state index in [0.717, 1.165) is 57.8 Å². The first-order valence-corrected chi connectivity index (χ1v) is 32.3. The molecule has 0 saturated carbocycles. The van der Waals surface area contributed by atoms with Crippen molar-refractivity contribution in [3.8, 4) is 0 Å². The number of rotatable bonds is 60. The van der Waals surface area contributed by atoms with Crippen LogP contribution in [0.4, 0.5) is 0 Å². The molecule has 0 amide bonds. The van der Waals surface area contributed by atoms with Crippen LogP contribution < -0.4 is 5.11 Å². The van der Waals surface area contributed by atoms with Crippen LogP contribution in [0.2, 0.25) is 0 Å². The standard InChI is InChI=1S/C67H123NO8/c1-6-8-10-12-14-16-18-20-22-23-24-25-26-27-28-29-30-31-32-33-34-35-36-37-38-39-40-41-42-44-45-47-49-51-53-55-57-64(69)74-61-63(62-75-67(66(71)72)73-60-59-68(3,4)5)76-65(70)58-56-54-52-50-48-46-43-21-19-17-15-13-11-9-7-2/h9,11,15,17,21,43,48,50,63,67H,6-8,10,12-14,16,18-20,22-42,44-47,49,51-62H2,1-5H3/b11-9-,17-15-,43-21-,50-48-. The maximum Gasteiger partial charge on any atom is 0.306 e. The molecule has 444 valence electrons. The Balaban J connectivity index is 3.98. The topological polar surface area (TPSA) is 111 Å². The molecule has 0 aliphatic heterocycles. The van der Waals surface area contributed by atoms with Gasteiger partial charge in [0, 0.05) is 12.8 Å². The Morgan fingerprint density at radius 3 is 1.12 bits per heavy atom. The summed E-state index contributed by atoms with van der Waals surface area (Å²) in [5.41, 5.74) is 0. The molecule has 0 aromatic heterocycles. The smallest absolute Gasteiger partial charge is 0.306 e. The van der Waals surface area contributed by atoms with E-state index in [1.54, 1.807) is 0 Å². The Labute approximate surface area is 470 Å². The highest BCUT2D eigenvalue weighted by atomic mass is 16.7. The van der Waals surface area contributed by atoms with Crippen LogP contribution >= 0.6 is 0 Å². The summed E-state index contributed by atoms with van der Waals surface area (Å²) in [7, 11) is 5.91. The molecule has 0 aromatic rings. The largest absolute Gasteiger partial charge is 0.545 e. The molecule has 0 aliphatic rings. The van der Waals surface area contributed by atoms with Crippen molar-refractivity contribution in [2.75, 3.05) is 47.5 Å². The van der Waals surface area contributed by atoms with Crippen LogP contribution in [0.3, 0.4) is 0 Å². The average molecular weight is 1070 g/mol. The number of carboxylic acids is 1. The van der Waals surface area contributed by atoms with E-state index in [-0.39, 0.29) is 38.6 Å². The summed E-state index contributed by atoms with van der Waals surface area (Å²) in [5, 5.41) is 11.8. The van der Waals surface area contributed by atoms with E-state index in [4.69, 9.17) is 18.9 Å². The first-order chi connectivity index (χ1) is 37.1. The van der Waals surface area contributed by atoms with Crippen molar-refractivity contribution in [1.82, 2.24) is 0 Å². The van der Waals surface area contributed by atoms with Gasteiger partial charge in [0.05, 0.1) is 40.3 Å². The lowest BCUT2D eigenvalue weighted by molar-refractivity contribution is -0.870. The third-order valence-electron chi connectivity index (χ3n) is 14.3. The molecule has 2 atom stereocenters. The Bertz CT molecular complexity index is 1380. The maximum atomic E-state index is 12.8. The second-order valence-electron chi connectivity index (χ2n) is 23.0. The Hall–Kier alpha value is -2.75. The molecule has 9 heteroatoms. The van der Waals surface area contributed by atoms with Gasteiger partial charge in [-0.2, -0.15) is 0 Å². The number of hydrogen-bond acceptors (Lipinski definition) is 8. The zero-order chi connectivity index (χ0) is 55.5. The third kappa shape index (κ3) is 58.9. The fourth-order valence-corrected chi connectivity index (χ4v) is 9.41. The van der Waals surface area contributed by atoms with E-state index in [1.807, 2.05) is 21.1 Å². The molecule has 0 spiro atoms. The molecule has 0 rings (SSSR count). The first-order valence-electron chi connectivity index (χ1n) is 32.3. The van der Waals surface area contributed by atoms with Crippen LogP contribution in [-0.2, 0) is 33.3 Å². The van der Waals surface area contributed by atoms with Crippen molar-refractivity contribution in [2.45, 2.75) is 315 Å². The summed E-state index contributed by atoms with van der Waals surface area (Å²) >= 11 is 0. The van der Waals surface area contributed by atoms with Crippen molar-refractivity contribution in [2.24, 2.45) is 0 Å². The summed E-state index contributed by atoms with van der Waals surface area (Å²) < 4.78 is 22.6. The number of carbonyl (C=O) groups excluding carboxylic acids is 3. The predicted octanol–water partition coefficient (Wildman–Crippen LogP) is 18.1. The Kier molecular flexibility index (Phi) is 56.3. The molecular formula is C67H123NO8. The lowest BCUT2D eigenvalue weighted by Crippen LogP contribution is -2.44. The minimum atomic E-state index is -1.63. The predicted molar refractivity (Wildman–Crippen MR) is 320 cm³/mol. The highest BCUT2D eigenvalue weighted by molar-refractivity contribution is 5.70. The molecule has 9 nitrogen and oxygen atoms in total. The third-order valence-corrected chi connectivity index (χ3v) is 14.3. The number of aliphatic carboxylic acids is 1. The number of hydrogen-bond donors (Lipinski definition) is 0. The summed E-state index contributed by atoms with van der Waals surface area (Å²) in [5.74, 6) is -2.33. The van der Waals surface area contributed by atoms with E-state index in [9.17, 15) is 19.5 Å². The Morgan fingerprint density at radius 1 is 0.408 bits per heavy atom. The number of ether oxygens (including phenoxy) is 4. The van der Waals surface area contributed by atoms with Crippen molar-refractivity contribution in [1.29, 1.82) is 0 Å². The van der Waals surface area contributed by atoms with Crippen molar-refractivity contribution < 1.29 is 42.9 Å². The quantitative estimate of drug-likeness (QED) is 0.0195. The molecule has 0 heterocycles. The van der Waals surface area contributed by atoms with E-state index in [2.05, 4.69) is 62.5 Å². The average Bonchev–Trinajstić information content (AvgIpc) is 3.39. The number of nitrogens with zero attached hydrogens (tertiary/aromatic N) is 1. The summed E-state index contributed by atoms with van der Waals surface area (Å²) in [6, 6.07) is 0. The number of quaternary nitrogens is 1. The van der Waals surface area contributed by atoms with Crippen LogP contribution in [-0.4, -0.2) is 82.3 Å². The summed E-state index contributed by atoms with van der Waals surface area (Å²) in [6.45, 7) is 4.62. The lowest BCUT2D eigenvalue weighted by Gasteiger charge is -2.26. The normalized spacial score (nSPS) is 13.0. The number of carbonyl (C=O) groups is 3. The van der Waals surface area contributed by atoms with Gasteiger partial charge in [-0.1, -0.05) is 287 Å². The van der Waals surface area contributed by atoms with E-state index < -0.39 is 24.3 Å². The zero-order valence-corrected chi connectivity index (χ0v) is 50.6. The summed E-state index contributed by atoms with van der Waals surface area (Å²) in [4.78, 5) is 37.2. The van der Waals surface area contributed by atoms with Gasteiger partial charge >= 0.3 is 11.9 Å². The van der Waals surface area contributed by atoms with Gasteiger partial charge in [0.2, 0.25) is 0 Å². The number of likely N-dealkylation sites (N-methyl/N-ethyl adjacent to an activating group) is 1. The SMILES string of the molecule is CC/C=C\C/C=C\C/C=C\C/C=C\CCCCC(=O)OC(COC(=O)CCCCCCCCCCCCCCCCCCCCCCCCCCCCCCCCCCCCCC)COC(OCC[N+](C)(C)C)C(=O)[O-]. The van der Waals surface area contributed by atoms with E-state index in [0.29, 0.717) is 17.4 Å². The van der Waals surface area contributed by atoms with Gasteiger partial charge < -0.3 is 33.3 Å². The van der Waals surface area contributed by atoms with Gasteiger partial charge in [0.25, 0.3) is 0 Å². The highest BCUT2D eigenvalue weighted by Gasteiger charge is 2.22. The lowest BCUT2D eigenvalue weighted by atomic mass is 10.0. The van der Waals surface area contributed by atoms with Gasteiger partial charge in [-0.25, -0.2) is 0 Å². The molecule has 0 aromatic carbocycles. The van der Waals surface area contributed by atoms with Crippen LogP contribution in [0, 0.1) is 0 Å². The number of esters is 2. The van der Waals surface area contributed by atoms with Crippen molar-refractivity contribution in [3.63, 3.8) is 0 Å². The van der Waals surface area contributed by atoms with Crippen molar-refractivity contribution in [3.05, 3.63) is 48.6 Å². The van der Waals surface area contributed by atoms with Crippen LogP contribution in [0.15, 0.2) is 48.6 Å². The maximum absolute atomic E-state index is 12.8. The molecule has 2 unspecified atom stereocenters. The van der Waals surface area contributed by atoms with E-state index in [1.165, 1.54) is 212 Å². The fraction of sp³-hybridized carbons (Fsp3) is 0.836. The summed E-state index contributed by atoms with van der Waals surface area (Å²) in [6.07, 6.45) is 70.8. The second-order valence-corrected chi connectivity index (χ2v) is 23.0. The monoisotopic (exact) mass is 1070 g/mol. The van der Waals surface area contributed by atoms with Crippen molar-refractivity contribution >= 4 is 17.9 Å². The second kappa shape index (κ2) is 58.4. The van der Waals surface area contributed by atoms with E-state index >= 15 is 0 Å².